The van der Waals surface area contributed by atoms with Crippen molar-refractivity contribution in [3.63, 3.8) is 0 Å². The van der Waals surface area contributed by atoms with Crippen LogP contribution in [0.1, 0.15) is 11.1 Å². The minimum Gasteiger partial charge on any atom is -0.494 e. The molecule has 2 heteroatoms. The highest BCUT2D eigenvalue weighted by molar-refractivity contribution is 5.50. The third kappa shape index (κ3) is 0.243. The molecule has 0 saturated carbocycles. The Morgan fingerprint density at radius 1 is 1.71 bits per heavy atom. The highest BCUT2D eigenvalue weighted by Crippen LogP contribution is 2.34. The van der Waals surface area contributed by atoms with Gasteiger partial charge in [0.05, 0.1) is 0 Å². The van der Waals surface area contributed by atoms with Gasteiger partial charge < -0.3 is 10.1 Å². The van der Waals surface area contributed by atoms with Gasteiger partial charge in [-0.2, -0.15) is 0 Å². The summed E-state index contributed by atoms with van der Waals surface area (Å²) in [5.41, 5.74) is 2.36. The fraction of sp³-hybridized carbons (Fsp3) is 0.200. The second-order valence-electron chi connectivity index (χ2n) is 1.82. The second kappa shape index (κ2) is 0.689. The van der Waals surface area contributed by atoms with E-state index in [1.54, 1.807) is 0 Å². The fourth-order valence-electron chi connectivity index (χ4n) is 0.763. The van der Waals surface area contributed by atoms with Gasteiger partial charge in [-0.1, -0.05) is 0 Å². The number of H-pyrrole nitrogens is 1. The number of aromatic amines is 1. The van der Waals surface area contributed by atoms with E-state index in [1.165, 1.54) is 5.56 Å². The largest absolute Gasteiger partial charge is 0.494 e. The molecular formula is C5H5NO. The summed E-state index contributed by atoms with van der Waals surface area (Å²) in [5.74, 6) is 0.356. The molecule has 7 heavy (non-hydrogen) atoms. The van der Waals surface area contributed by atoms with Crippen LogP contribution in [0.25, 0.3) is 0 Å². The molecule has 2 rings (SSSR count). The minimum absolute atomic E-state index is 0.356. The maximum absolute atomic E-state index is 8.76. The lowest BCUT2D eigenvalue weighted by molar-refractivity contribution is 0.454. The number of aromatic nitrogens is 1. The predicted molar refractivity (Wildman–Crippen MR) is 25.3 cm³/mol. The van der Waals surface area contributed by atoms with Gasteiger partial charge in [-0.05, 0) is 5.56 Å². The van der Waals surface area contributed by atoms with Crippen molar-refractivity contribution in [3.8, 4) is 5.88 Å². The molecule has 0 radical (unpaired) electrons. The standard InChI is InChI=1S/C5H5NO/c7-5-4-1-3(4)2-6-5/h2,6-7H,1H2. The Kier molecular flexibility index (Phi) is 0.308. The summed E-state index contributed by atoms with van der Waals surface area (Å²) in [5, 5.41) is 8.76. The molecule has 36 valence electrons. The van der Waals surface area contributed by atoms with E-state index in [4.69, 9.17) is 5.11 Å². The van der Waals surface area contributed by atoms with E-state index in [-0.39, 0.29) is 0 Å². The van der Waals surface area contributed by atoms with Crippen LogP contribution in [0.2, 0.25) is 0 Å². The van der Waals surface area contributed by atoms with Crippen molar-refractivity contribution in [2.24, 2.45) is 0 Å². The van der Waals surface area contributed by atoms with Gasteiger partial charge in [-0.25, -0.2) is 0 Å². The molecule has 0 aromatic carbocycles. The lowest BCUT2D eigenvalue weighted by Crippen LogP contribution is -1.61. The van der Waals surface area contributed by atoms with E-state index in [0.717, 1.165) is 12.0 Å². The van der Waals surface area contributed by atoms with Crippen LogP contribution in [0.4, 0.5) is 0 Å². The average Bonchev–Trinajstić information content (AvgIpc) is 2.33. The highest BCUT2D eigenvalue weighted by atomic mass is 16.3. The Balaban J connectivity index is 2.76. The number of fused-ring (bicyclic) bond motifs is 1. The van der Waals surface area contributed by atoms with E-state index in [0.29, 0.717) is 5.88 Å². The molecule has 0 spiro atoms. The van der Waals surface area contributed by atoms with Gasteiger partial charge in [0.2, 0.25) is 0 Å². The first-order valence-electron chi connectivity index (χ1n) is 2.26. The molecule has 0 unspecified atom stereocenters. The number of nitrogens with one attached hydrogen (secondary N) is 1. The first-order valence-corrected chi connectivity index (χ1v) is 2.26. The summed E-state index contributed by atoms with van der Waals surface area (Å²) in [4.78, 5) is 2.69. The third-order valence-electron chi connectivity index (χ3n) is 1.30. The van der Waals surface area contributed by atoms with Gasteiger partial charge >= 0.3 is 0 Å². The zero-order valence-corrected chi connectivity index (χ0v) is 3.73. The van der Waals surface area contributed by atoms with Gasteiger partial charge in [0, 0.05) is 18.2 Å². The van der Waals surface area contributed by atoms with E-state index in [1.807, 2.05) is 6.20 Å². The van der Waals surface area contributed by atoms with E-state index in [2.05, 4.69) is 4.98 Å². The zero-order chi connectivity index (χ0) is 4.85. The SMILES string of the molecule is Oc1[nH]cc2c1C2. The van der Waals surface area contributed by atoms with Crippen molar-refractivity contribution >= 4 is 0 Å². The highest BCUT2D eigenvalue weighted by Gasteiger charge is 2.22. The molecule has 1 aliphatic carbocycles. The minimum atomic E-state index is 0.356. The Morgan fingerprint density at radius 3 is 2.71 bits per heavy atom. The normalized spacial score (nSPS) is 13.7. The van der Waals surface area contributed by atoms with Crippen molar-refractivity contribution in [1.29, 1.82) is 0 Å². The third-order valence-corrected chi connectivity index (χ3v) is 1.30. The zero-order valence-electron chi connectivity index (χ0n) is 3.73. The smallest absolute Gasteiger partial charge is 0.192 e. The monoisotopic (exact) mass is 95.0 g/mol. The summed E-state index contributed by atoms with van der Waals surface area (Å²) in [6.07, 6.45) is 2.84. The van der Waals surface area contributed by atoms with Crippen molar-refractivity contribution in [2.75, 3.05) is 0 Å². The van der Waals surface area contributed by atoms with Crippen LogP contribution in [-0.4, -0.2) is 10.1 Å². The summed E-state index contributed by atoms with van der Waals surface area (Å²) >= 11 is 0. The van der Waals surface area contributed by atoms with Crippen LogP contribution in [0.15, 0.2) is 6.20 Å². The van der Waals surface area contributed by atoms with Crippen LogP contribution in [-0.2, 0) is 6.42 Å². The van der Waals surface area contributed by atoms with E-state index in [9.17, 15) is 0 Å². The molecule has 1 aromatic heterocycles. The van der Waals surface area contributed by atoms with Crippen LogP contribution < -0.4 is 0 Å². The first kappa shape index (κ1) is 3.13. The molecule has 0 saturated heterocycles. The Morgan fingerprint density at radius 2 is 2.57 bits per heavy atom. The lowest BCUT2D eigenvalue weighted by Gasteiger charge is -1.77. The maximum atomic E-state index is 8.76. The number of hydrogen-bond acceptors (Lipinski definition) is 1. The molecule has 1 aromatic rings. The Labute approximate surface area is 40.8 Å². The van der Waals surface area contributed by atoms with E-state index < -0.39 is 0 Å². The van der Waals surface area contributed by atoms with Crippen LogP contribution in [0, 0.1) is 0 Å². The van der Waals surface area contributed by atoms with Crippen LogP contribution in [0.5, 0.6) is 5.88 Å². The van der Waals surface area contributed by atoms with Crippen molar-refractivity contribution in [3.05, 3.63) is 17.3 Å². The van der Waals surface area contributed by atoms with Gasteiger partial charge in [-0.3, -0.25) is 0 Å². The van der Waals surface area contributed by atoms with Gasteiger partial charge in [0.15, 0.2) is 5.88 Å². The van der Waals surface area contributed by atoms with Gasteiger partial charge in [-0.15, -0.1) is 0 Å². The maximum Gasteiger partial charge on any atom is 0.192 e. The average molecular weight is 95.1 g/mol. The molecule has 0 aliphatic heterocycles. The molecule has 0 amide bonds. The summed E-state index contributed by atoms with van der Waals surface area (Å²) in [7, 11) is 0. The molecule has 2 nitrogen and oxygen atoms in total. The van der Waals surface area contributed by atoms with Crippen LogP contribution >= 0.6 is 0 Å². The quantitative estimate of drug-likeness (QED) is 0.494. The van der Waals surface area contributed by atoms with Crippen LogP contribution in [0.3, 0.4) is 0 Å². The predicted octanol–water partition coefficient (Wildman–Crippen LogP) is 0.624. The van der Waals surface area contributed by atoms with E-state index >= 15 is 0 Å². The second-order valence-corrected chi connectivity index (χ2v) is 1.82. The summed E-state index contributed by atoms with van der Waals surface area (Å²) in [6.45, 7) is 0. The number of aromatic hydroxyl groups is 1. The number of rotatable bonds is 0. The molecule has 0 bridgehead atoms. The van der Waals surface area contributed by atoms with Crippen molar-refractivity contribution < 1.29 is 5.11 Å². The molecular weight excluding hydrogens is 90.1 g/mol. The lowest BCUT2D eigenvalue weighted by atomic mass is 10.6. The molecule has 0 fully saturated rings. The topological polar surface area (TPSA) is 36.0 Å². The Bertz CT molecular complexity index is 202. The summed E-state index contributed by atoms with van der Waals surface area (Å²) < 4.78 is 0. The first-order chi connectivity index (χ1) is 3.38. The summed E-state index contributed by atoms with van der Waals surface area (Å²) in [6, 6.07) is 0. The Hall–Kier alpha value is -0.920. The van der Waals surface area contributed by atoms with Crippen molar-refractivity contribution in [2.45, 2.75) is 6.42 Å². The van der Waals surface area contributed by atoms with Gasteiger partial charge in [0.1, 0.15) is 0 Å². The number of hydrogen-bond donors (Lipinski definition) is 2. The van der Waals surface area contributed by atoms with Gasteiger partial charge in [0.25, 0.3) is 0 Å². The molecule has 1 aliphatic rings. The molecule has 0 atom stereocenters. The van der Waals surface area contributed by atoms with Crippen molar-refractivity contribution in [1.82, 2.24) is 4.98 Å². The molecule has 1 heterocycles. The fourth-order valence-corrected chi connectivity index (χ4v) is 0.763. The molecule has 2 N–H and O–H groups in total.